The Morgan fingerprint density at radius 3 is 2.33 bits per heavy atom. The first-order chi connectivity index (χ1) is 10.0. The number of esters is 1. The number of carbonyl (C=O) groups excluding carboxylic acids is 1. The fourth-order valence-corrected chi connectivity index (χ4v) is 1.82. The van der Waals surface area contributed by atoms with Crippen molar-refractivity contribution < 1.29 is 9.53 Å². The zero-order chi connectivity index (χ0) is 15.4. The monoisotopic (exact) mass is 286 g/mol. The molecular weight excluding hydrogens is 268 g/mol. The maximum Gasteiger partial charge on any atom is 0.341 e. The fourth-order valence-electron chi connectivity index (χ4n) is 1.82. The van der Waals surface area contributed by atoms with Crippen molar-refractivity contribution in [1.29, 1.82) is 0 Å². The van der Waals surface area contributed by atoms with Crippen LogP contribution >= 0.6 is 0 Å². The summed E-state index contributed by atoms with van der Waals surface area (Å²) in [5.41, 5.74) is 2.00. The summed E-state index contributed by atoms with van der Waals surface area (Å²) in [4.78, 5) is 29.0. The normalized spacial score (nSPS) is 10.7. The van der Waals surface area contributed by atoms with Gasteiger partial charge in [0.05, 0.1) is 17.9 Å². The molecule has 0 saturated carbocycles. The van der Waals surface area contributed by atoms with Gasteiger partial charge in [0, 0.05) is 18.6 Å². The summed E-state index contributed by atoms with van der Waals surface area (Å²) in [6.45, 7) is 7.92. The molecule has 2 aromatic rings. The lowest BCUT2D eigenvalue weighted by Crippen LogP contribution is -2.12. The van der Waals surface area contributed by atoms with Gasteiger partial charge in [0.15, 0.2) is 11.6 Å². The van der Waals surface area contributed by atoms with Crippen LogP contribution in [0.5, 0.6) is 0 Å². The topological polar surface area (TPSA) is 77.9 Å². The molecule has 0 aliphatic rings. The molecule has 0 saturated heterocycles. The van der Waals surface area contributed by atoms with E-state index >= 15 is 0 Å². The van der Waals surface area contributed by atoms with E-state index in [4.69, 9.17) is 4.74 Å². The van der Waals surface area contributed by atoms with E-state index in [0.717, 1.165) is 5.56 Å². The summed E-state index contributed by atoms with van der Waals surface area (Å²) in [5, 5.41) is 0. The van der Waals surface area contributed by atoms with Crippen LogP contribution in [-0.4, -0.2) is 32.5 Å². The fraction of sp³-hybridized carbons (Fsp3) is 0.400. The second kappa shape index (κ2) is 6.39. The highest BCUT2D eigenvalue weighted by Crippen LogP contribution is 2.20. The SMILES string of the molecule is CCOC(=O)c1cnc(-c2ncc(C)cn2)nc1C(C)C. The lowest BCUT2D eigenvalue weighted by atomic mass is 10.1. The molecule has 0 aliphatic carbocycles. The predicted molar refractivity (Wildman–Crippen MR) is 77.8 cm³/mol. The molecule has 0 atom stereocenters. The first kappa shape index (κ1) is 15.0. The molecule has 2 aromatic heterocycles. The third kappa shape index (κ3) is 3.39. The van der Waals surface area contributed by atoms with Crippen molar-refractivity contribution in [3.63, 3.8) is 0 Å². The standard InChI is InChI=1S/C15H18N4O2/c1-5-21-15(20)11-8-18-14(19-12(11)9(2)3)13-16-6-10(4)7-17-13/h6-9H,5H2,1-4H3. The summed E-state index contributed by atoms with van der Waals surface area (Å²) in [6.07, 6.45) is 4.90. The quantitative estimate of drug-likeness (QED) is 0.804. The Morgan fingerprint density at radius 1 is 1.14 bits per heavy atom. The van der Waals surface area contributed by atoms with Gasteiger partial charge in [0.1, 0.15) is 0 Å². The molecular formula is C15H18N4O2. The van der Waals surface area contributed by atoms with Crippen LogP contribution in [0.15, 0.2) is 18.6 Å². The van der Waals surface area contributed by atoms with Gasteiger partial charge in [0.2, 0.25) is 0 Å². The highest BCUT2D eigenvalue weighted by Gasteiger charge is 2.19. The molecule has 110 valence electrons. The van der Waals surface area contributed by atoms with E-state index in [-0.39, 0.29) is 5.92 Å². The summed E-state index contributed by atoms with van der Waals surface area (Å²) in [5.74, 6) is 0.513. The van der Waals surface area contributed by atoms with Crippen molar-refractivity contribution in [3.8, 4) is 11.6 Å². The van der Waals surface area contributed by atoms with Crippen molar-refractivity contribution in [3.05, 3.63) is 35.4 Å². The summed E-state index contributed by atoms with van der Waals surface area (Å²) >= 11 is 0. The van der Waals surface area contributed by atoms with Gasteiger partial charge >= 0.3 is 5.97 Å². The van der Waals surface area contributed by atoms with Gasteiger partial charge in [-0.1, -0.05) is 13.8 Å². The Balaban J connectivity index is 2.45. The number of ether oxygens (including phenoxy) is 1. The number of hydrogen-bond acceptors (Lipinski definition) is 6. The van der Waals surface area contributed by atoms with Crippen LogP contribution in [-0.2, 0) is 4.74 Å². The molecule has 0 amide bonds. The average Bonchev–Trinajstić information content (AvgIpc) is 2.47. The number of rotatable bonds is 4. The van der Waals surface area contributed by atoms with Crippen molar-refractivity contribution in [1.82, 2.24) is 19.9 Å². The van der Waals surface area contributed by atoms with E-state index < -0.39 is 5.97 Å². The molecule has 0 bridgehead atoms. The average molecular weight is 286 g/mol. The Bertz CT molecular complexity index is 639. The molecule has 0 N–H and O–H groups in total. The van der Waals surface area contributed by atoms with Crippen molar-refractivity contribution >= 4 is 5.97 Å². The summed E-state index contributed by atoms with van der Waals surface area (Å²) in [7, 11) is 0. The van der Waals surface area contributed by atoms with Crippen molar-refractivity contribution in [2.24, 2.45) is 0 Å². The third-order valence-electron chi connectivity index (χ3n) is 2.84. The van der Waals surface area contributed by atoms with Crippen LogP contribution in [0.3, 0.4) is 0 Å². The molecule has 0 radical (unpaired) electrons. The van der Waals surface area contributed by atoms with Gasteiger partial charge in [-0.05, 0) is 25.3 Å². The van der Waals surface area contributed by atoms with E-state index in [0.29, 0.717) is 29.5 Å². The minimum atomic E-state index is -0.405. The number of aromatic nitrogens is 4. The van der Waals surface area contributed by atoms with Crippen molar-refractivity contribution in [2.45, 2.75) is 33.6 Å². The van der Waals surface area contributed by atoms with Crippen LogP contribution < -0.4 is 0 Å². The molecule has 6 nitrogen and oxygen atoms in total. The van der Waals surface area contributed by atoms with E-state index in [1.807, 2.05) is 20.8 Å². The van der Waals surface area contributed by atoms with Gasteiger partial charge in [-0.2, -0.15) is 0 Å². The number of carbonyl (C=O) groups is 1. The molecule has 6 heteroatoms. The third-order valence-corrected chi connectivity index (χ3v) is 2.84. The van der Waals surface area contributed by atoms with E-state index in [1.54, 1.807) is 19.3 Å². The lowest BCUT2D eigenvalue weighted by Gasteiger charge is -2.11. The molecule has 0 spiro atoms. The van der Waals surface area contributed by atoms with Gasteiger partial charge in [-0.15, -0.1) is 0 Å². The zero-order valence-electron chi connectivity index (χ0n) is 12.6. The van der Waals surface area contributed by atoms with Gasteiger partial charge in [-0.3, -0.25) is 0 Å². The first-order valence-electron chi connectivity index (χ1n) is 6.86. The number of hydrogen-bond donors (Lipinski definition) is 0. The maximum absolute atomic E-state index is 11.9. The predicted octanol–water partition coefficient (Wildman–Crippen LogP) is 2.54. The highest BCUT2D eigenvalue weighted by molar-refractivity contribution is 5.90. The van der Waals surface area contributed by atoms with E-state index in [9.17, 15) is 4.79 Å². The summed E-state index contributed by atoms with van der Waals surface area (Å²) < 4.78 is 5.03. The highest BCUT2D eigenvalue weighted by atomic mass is 16.5. The minimum absolute atomic E-state index is 0.0663. The molecule has 21 heavy (non-hydrogen) atoms. The maximum atomic E-state index is 11.9. The first-order valence-corrected chi connectivity index (χ1v) is 6.86. The smallest absolute Gasteiger partial charge is 0.341 e. The van der Waals surface area contributed by atoms with Gasteiger partial charge < -0.3 is 4.74 Å². The lowest BCUT2D eigenvalue weighted by molar-refractivity contribution is 0.0523. The van der Waals surface area contributed by atoms with E-state index in [1.165, 1.54) is 6.20 Å². The minimum Gasteiger partial charge on any atom is -0.462 e. The molecule has 2 rings (SSSR count). The summed E-state index contributed by atoms with van der Waals surface area (Å²) in [6, 6.07) is 0. The van der Waals surface area contributed by atoms with Crippen molar-refractivity contribution in [2.75, 3.05) is 6.61 Å². The van der Waals surface area contributed by atoms with Gasteiger partial charge in [-0.25, -0.2) is 24.7 Å². The molecule has 0 fully saturated rings. The second-order valence-corrected chi connectivity index (χ2v) is 4.95. The zero-order valence-corrected chi connectivity index (χ0v) is 12.6. The Hall–Kier alpha value is -2.37. The van der Waals surface area contributed by atoms with Crippen LogP contribution in [0.1, 0.15) is 48.3 Å². The Kier molecular flexibility index (Phi) is 4.57. The second-order valence-electron chi connectivity index (χ2n) is 4.95. The Labute approximate surface area is 123 Å². The largest absolute Gasteiger partial charge is 0.462 e. The molecule has 0 unspecified atom stereocenters. The van der Waals surface area contributed by atoms with Crippen LogP contribution in [0.4, 0.5) is 0 Å². The molecule has 0 aromatic carbocycles. The van der Waals surface area contributed by atoms with Gasteiger partial charge in [0.25, 0.3) is 0 Å². The number of nitrogens with zero attached hydrogens (tertiary/aromatic N) is 4. The van der Waals surface area contributed by atoms with Crippen LogP contribution in [0, 0.1) is 6.92 Å². The molecule has 2 heterocycles. The van der Waals surface area contributed by atoms with Crippen LogP contribution in [0.2, 0.25) is 0 Å². The Morgan fingerprint density at radius 2 is 1.76 bits per heavy atom. The number of aryl methyl sites for hydroxylation is 1. The van der Waals surface area contributed by atoms with E-state index in [2.05, 4.69) is 19.9 Å². The molecule has 0 aliphatic heterocycles. The van der Waals surface area contributed by atoms with Crippen LogP contribution in [0.25, 0.3) is 11.6 Å².